The van der Waals surface area contributed by atoms with Crippen LogP contribution in [0.25, 0.3) is 0 Å². The molecule has 108 valence electrons. The first-order valence-corrected chi connectivity index (χ1v) is 7.57. The summed E-state index contributed by atoms with van der Waals surface area (Å²) in [5.41, 5.74) is 0.942. The van der Waals surface area contributed by atoms with Crippen molar-refractivity contribution in [1.29, 1.82) is 0 Å². The smallest absolute Gasteiger partial charge is 0.165 e. The van der Waals surface area contributed by atoms with Crippen molar-refractivity contribution in [2.45, 2.75) is 25.8 Å². The molecule has 0 saturated heterocycles. The van der Waals surface area contributed by atoms with Crippen molar-refractivity contribution >= 4 is 11.3 Å². The number of nitrogens with one attached hydrogen (secondary N) is 1. The van der Waals surface area contributed by atoms with Crippen LogP contribution in [-0.4, -0.2) is 14.2 Å². The van der Waals surface area contributed by atoms with Gasteiger partial charge in [0.1, 0.15) is 0 Å². The number of rotatable bonds is 6. The molecular weight excluding hydrogens is 273 g/mol. The second kappa shape index (κ2) is 6.86. The lowest BCUT2D eigenvalue weighted by atomic mass is 10.0. The molecule has 0 radical (unpaired) electrons. The van der Waals surface area contributed by atoms with Crippen LogP contribution in [-0.2, 0) is 12.8 Å². The van der Waals surface area contributed by atoms with Crippen LogP contribution >= 0.6 is 11.3 Å². The number of hydrogen-bond donors (Lipinski definition) is 1. The maximum atomic E-state index is 13.8. The highest BCUT2D eigenvalue weighted by molar-refractivity contribution is 7.11. The topological polar surface area (TPSA) is 21.3 Å². The van der Waals surface area contributed by atoms with Crippen molar-refractivity contribution in [3.8, 4) is 5.75 Å². The molecule has 0 aliphatic heterocycles. The van der Waals surface area contributed by atoms with E-state index in [0.29, 0.717) is 0 Å². The molecule has 0 aliphatic carbocycles. The summed E-state index contributed by atoms with van der Waals surface area (Å²) in [6, 6.07) is 9.58. The van der Waals surface area contributed by atoms with Crippen molar-refractivity contribution in [2.24, 2.45) is 0 Å². The molecule has 2 aromatic rings. The highest BCUT2D eigenvalue weighted by Gasteiger charge is 2.14. The molecule has 0 aliphatic rings. The summed E-state index contributed by atoms with van der Waals surface area (Å²) in [5.74, 6) is -0.0290. The largest absolute Gasteiger partial charge is 0.494 e. The molecule has 1 unspecified atom stereocenters. The molecule has 1 N–H and O–H groups in total. The minimum Gasteiger partial charge on any atom is -0.494 e. The van der Waals surface area contributed by atoms with Crippen molar-refractivity contribution in [3.63, 3.8) is 0 Å². The van der Waals surface area contributed by atoms with Crippen LogP contribution in [0.5, 0.6) is 5.75 Å². The van der Waals surface area contributed by atoms with Gasteiger partial charge >= 0.3 is 0 Å². The number of thiophene rings is 1. The molecule has 1 aromatic carbocycles. The van der Waals surface area contributed by atoms with Crippen molar-refractivity contribution < 1.29 is 9.13 Å². The molecule has 20 heavy (non-hydrogen) atoms. The van der Waals surface area contributed by atoms with E-state index < -0.39 is 0 Å². The monoisotopic (exact) mass is 293 g/mol. The quantitative estimate of drug-likeness (QED) is 0.870. The average molecular weight is 293 g/mol. The Labute approximate surface area is 123 Å². The van der Waals surface area contributed by atoms with Gasteiger partial charge in [-0.2, -0.15) is 0 Å². The van der Waals surface area contributed by atoms with Crippen LogP contribution in [0.1, 0.15) is 28.3 Å². The fourth-order valence-corrected chi connectivity index (χ4v) is 3.21. The molecule has 2 nitrogen and oxygen atoms in total. The maximum Gasteiger partial charge on any atom is 0.165 e. The summed E-state index contributed by atoms with van der Waals surface area (Å²) in [5, 5.41) is 3.26. The Hall–Kier alpha value is -1.39. The van der Waals surface area contributed by atoms with Crippen LogP contribution in [0.2, 0.25) is 0 Å². The number of hydrogen-bond acceptors (Lipinski definition) is 3. The Morgan fingerprint density at radius 2 is 2.00 bits per heavy atom. The highest BCUT2D eigenvalue weighted by Crippen LogP contribution is 2.26. The van der Waals surface area contributed by atoms with Crippen molar-refractivity contribution in [2.75, 3.05) is 14.2 Å². The molecule has 1 atom stereocenters. The fourth-order valence-electron chi connectivity index (χ4n) is 2.21. The van der Waals surface area contributed by atoms with Gasteiger partial charge in [0.25, 0.3) is 0 Å². The Balaban J connectivity index is 2.17. The lowest BCUT2D eigenvalue weighted by Gasteiger charge is -2.16. The molecule has 0 fully saturated rings. The zero-order chi connectivity index (χ0) is 14.5. The van der Waals surface area contributed by atoms with Crippen LogP contribution in [0.3, 0.4) is 0 Å². The number of benzene rings is 1. The van der Waals surface area contributed by atoms with E-state index in [2.05, 4.69) is 24.4 Å². The van der Waals surface area contributed by atoms with Gasteiger partial charge in [-0.3, -0.25) is 0 Å². The van der Waals surface area contributed by atoms with Gasteiger partial charge < -0.3 is 10.1 Å². The molecule has 1 aromatic heterocycles. The highest BCUT2D eigenvalue weighted by atomic mass is 32.1. The third-order valence-corrected chi connectivity index (χ3v) is 4.65. The van der Waals surface area contributed by atoms with Crippen molar-refractivity contribution in [1.82, 2.24) is 5.32 Å². The molecule has 0 saturated carbocycles. The Morgan fingerprint density at radius 3 is 2.55 bits per heavy atom. The lowest BCUT2D eigenvalue weighted by molar-refractivity contribution is 0.385. The summed E-state index contributed by atoms with van der Waals surface area (Å²) >= 11 is 1.82. The van der Waals surface area contributed by atoms with Crippen LogP contribution in [0.15, 0.2) is 30.3 Å². The van der Waals surface area contributed by atoms with E-state index in [1.807, 2.05) is 24.5 Å². The molecule has 0 amide bonds. The van der Waals surface area contributed by atoms with E-state index in [9.17, 15) is 4.39 Å². The number of aryl methyl sites for hydroxylation is 1. The predicted octanol–water partition coefficient (Wildman–Crippen LogP) is 3.96. The van der Waals surface area contributed by atoms with Crippen LogP contribution in [0, 0.1) is 5.82 Å². The second-order valence-electron chi connectivity index (χ2n) is 4.66. The van der Waals surface area contributed by atoms with E-state index in [0.717, 1.165) is 18.4 Å². The van der Waals surface area contributed by atoms with E-state index in [-0.39, 0.29) is 17.6 Å². The number of ether oxygens (including phenoxy) is 1. The van der Waals surface area contributed by atoms with Gasteiger partial charge in [-0.25, -0.2) is 4.39 Å². The minimum absolute atomic E-state index is 0.110. The predicted molar refractivity (Wildman–Crippen MR) is 82.2 cm³/mol. The second-order valence-corrected chi connectivity index (χ2v) is 5.91. The Kier molecular flexibility index (Phi) is 5.15. The fraction of sp³-hybridized carbons (Fsp3) is 0.375. The first-order chi connectivity index (χ1) is 9.67. The van der Waals surface area contributed by atoms with Gasteiger partial charge in [0.2, 0.25) is 0 Å². The molecule has 4 heteroatoms. The molecule has 2 rings (SSSR count). The Morgan fingerprint density at radius 1 is 1.25 bits per heavy atom. The molecular formula is C16H20FNOS. The van der Waals surface area contributed by atoms with Crippen LogP contribution < -0.4 is 10.1 Å². The SMILES string of the molecule is CCc1ccc(CC(NC)c2ccc(OC)c(F)c2)s1. The van der Waals surface area contributed by atoms with Crippen molar-refractivity contribution in [3.05, 3.63) is 51.5 Å². The standard InChI is InChI=1S/C16H20FNOS/c1-4-12-6-7-13(20-12)10-15(18-2)11-5-8-16(19-3)14(17)9-11/h5-9,15,18H,4,10H2,1-3H3. The first-order valence-electron chi connectivity index (χ1n) is 6.76. The van der Waals surface area contributed by atoms with Gasteiger partial charge in [0, 0.05) is 22.2 Å². The van der Waals surface area contributed by atoms with E-state index in [4.69, 9.17) is 4.74 Å². The minimum atomic E-state index is -0.314. The lowest BCUT2D eigenvalue weighted by Crippen LogP contribution is -2.18. The van der Waals surface area contributed by atoms with Gasteiger partial charge in [-0.15, -0.1) is 11.3 Å². The summed E-state index contributed by atoms with van der Waals surface area (Å²) in [6.07, 6.45) is 1.93. The maximum absolute atomic E-state index is 13.8. The number of likely N-dealkylation sites (N-methyl/N-ethyl adjacent to an activating group) is 1. The summed E-state index contributed by atoms with van der Waals surface area (Å²) in [7, 11) is 3.38. The molecule has 0 bridgehead atoms. The van der Waals surface area contributed by atoms with Gasteiger partial charge in [-0.05, 0) is 43.3 Å². The van der Waals surface area contributed by atoms with E-state index in [1.54, 1.807) is 12.1 Å². The van der Waals surface area contributed by atoms with E-state index in [1.165, 1.54) is 16.9 Å². The summed E-state index contributed by atoms with van der Waals surface area (Å²) in [6.45, 7) is 2.16. The molecule has 1 heterocycles. The Bertz CT molecular complexity index is 567. The number of halogens is 1. The summed E-state index contributed by atoms with van der Waals surface area (Å²) in [4.78, 5) is 2.70. The summed E-state index contributed by atoms with van der Waals surface area (Å²) < 4.78 is 18.8. The number of methoxy groups -OCH3 is 1. The third kappa shape index (κ3) is 3.38. The first kappa shape index (κ1) is 15.0. The average Bonchev–Trinajstić information content (AvgIpc) is 2.92. The molecule has 0 spiro atoms. The van der Waals surface area contributed by atoms with Crippen LogP contribution in [0.4, 0.5) is 4.39 Å². The van der Waals surface area contributed by atoms with Gasteiger partial charge in [0.15, 0.2) is 11.6 Å². The van der Waals surface area contributed by atoms with Gasteiger partial charge in [0.05, 0.1) is 7.11 Å². The zero-order valence-corrected chi connectivity index (χ0v) is 12.9. The van der Waals surface area contributed by atoms with E-state index >= 15 is 0 Å². The van der Waals surface area contributed by atoms with Gasteiger partial charge in [-0.1, -0.05) is 13.0 Å². The third-order valence-electron chi connectivity index (χ3n) is 3.40. The normalized spacial score (nSPS) is 12.4. The zero-order valence-electron chi connectivity index (χ0n) is 12.1.